The van der Waals surface area contributed by atoms with Crippen molar-refractivity contribution < 1.29 is 9.18 Å². The van der Waals surface area contributed by atoms with Gasteiger partial charge in [0.2, 0.25) is 0 Å². The van der Waals surface area contributed by atoms with Gasteiger partial charge < -0.3 is 4.90 Å². The van der Waals surface area contributed by atoms with E-state index in [1.807, 2.05) is 30.3 Å². The predicted octanol–water partition coefficient (Wildman–Crippen LogP) is 3.42. The summed E-state index contributed by atoms with van der Waals surface area (Å²) in [6.45, 7) is 0.904. The fourth-order valence-corrected chi connectivity index (χ4v) is 2.18. The zero-order chi connectivity index (χ0) is 15.8. The molecule has 0 bridgehead atoms. The topological polar surface area (TPSA) is 44.1 Å². The molecule has 0 fully saturated rings. The highest BCUT2D eigenvalue weighted by molar-refractivity contribution is 5.94. The molecule has 1 amide bonds. The molecule has 0 saturated carbocycles. The first-order chi connectivity index (χ1) is 10.7. The normalized spacial score (nSPS) is 10.0. The van der Waals surface area contributed by atoms with Crippen molar-refractivity contribution in [2.24, 2.45) is 0 Å². The third-order valence-electron chi connectivity index (χ3n) is 3.39. The summed E-state index contributed by atoms with van der Waals surface area (Å²) in [4.78, 5) is 14.1. The van der Waals surface area contributed by atoms with Gasteiger partial charge in [-0.15, -0.1) is 0 Å². The lowest BCUT2D eigenvalue weighted by molar-refractivity contribution is 0.0761. The maximum Gasteiger partial charge on any atom is 0.253 e. The molecule has 2 aromatic rings. The van der Waals surface area contributed by atoms with Gasteiger partial charge in [-0.3, -0.25) is 4.79 Å². The molecule has 0 aliphatic heterocycles. The van der Waals surface area contributed by atoms with Crippen LogP contribution in [0.15, 0.2) is 54.6 Å². The van der Waals surface area contributed by atoms with Crippen LogP contribution >= 0.6 is 0 Å². The van der Waals surface area contributed by atoms with E-state index in [9.17, 15) is 9.18 Å². The van der Waals surface area contributed by atoms with Crippen LogP contribution in [0.25, 0.3) is 0 Å². The van der Waals surface area contributed by atoms with Crippen LogP contribution in [0.3, 0.4) is 0 Å². The summed E-state index contributed by atoms with van der Waals surface area (Å²) in [7, 11) is 0. The molecule has 0 atom stereocenters. The Kier molecular flexibility index (Phi) is 5.67. The number of hydrogen-bond acceptors (Lipinski definition) is 2. The number of rotatable bonds is 6. The van der Waals surface area contributed by atoms with E-state index in [0.29, 0.717) is 18.7 Å². The highest BCUT2D eigenvalue weighted by atomic mass is 19.1. The minimum Gasteiger partial charge on any atom is -0.337 e. The van der Waals surface area contributed by atoms with E-state index in [0.717, 1.165) is 12.0 Å². The molecule has 0 N–H and O–H groups in total. The minimum atomic E-state index is -0.371. The minimum absolute atomic E-state index is 0.175. The van der Waals surface area contributed by atoms with Crippen molar-refractivity contribution in [2.75, 3.05) is 13.1 Å². The molecular formula is C18H17FN2O. The summed E-state index contributed by atoms with van der Waals surface area (Å²) >= 11 is 0. The standard InChI is InChI=1S/C18H17FN2O/c19-17-9-7-16(8-10-17)18(22)21(13-4-12-20)14-11-15-5-2-1-3-6-15/h1-3,5-10H,4,11,13-14H2. The molecule has 0 unspecified atom stereocenters. The lowest BCUT2D eigenvalue weighted by Gasteiger charge is -2.21. The number of amides is 1. The molecule has 0 radical (unpaired) electrons. The van der Waals surface area contributed by atoms with Crippen molar-refractivity contribution in [3.8, 4) is 6.07 Å². The molecule has 0 aromatic heterocycles. The van der Waals surface area contributed by atoms with E-state index in [-0.39, 0.29) is 18.1 Å². The fourth-order valence-electron chi connectivity index (χ4n) is 2.18. The van der Waals surface area contributed by atoms with Gasteiger partial charge in [0.05, 0.1) is 12.5 Å². The van der Waals surface area contributed by atoms with Crippen molar-refractivity contribution >= 4 is 5.91 Å². The van der Waals surface area contributed by atoms with Gasteiger partial charge in [-0.2, -0.15) is 5.26 Å². The molecule has 0 heterocycles. The Morgan fingerprint density at radius 1 is 1.05 bits per heavy atom. The SMILES string of the molecule is N#CCCN(CCc1ccccc1)C(=O)c1ccc(F)cc1. The third kappa shape index (κ3) is 4.42. The second kappa shape index (κ2) is 7.94. The smallest absolute Gasteiger partial charge is 0.253 e. The number of carbonyl (C=O) groups is 1. The van der Waals surface area contributed by atoms with Crippen molar-refractivity contribution in [3.05, 3.63) is 71.5 Å². The van der Waals surface area contributed by atoms with Crippen LogP contribution in [-0.4, -0.2) is 23.9 Å². The molecule has 0 spiro atoms. The van der Waals surface area contributed by atoms with Gasteiger partial charge in [0.15, 0.2) is 0 Å². The monoisotopic (exact) mass is 296 g/mol. The van der Waals surface area contributed by atoms with Crippen LogP contribution in [0.4, 0.5) is 4.39 Å². The Labute approximate surface area is 129 Å². The molecule has 0 aliphatic carbocycles. The Balaban J connectivity index is 2.06. The zero-order valence-corrected chi connectivity index (χ0v) is 12.2. The molecular weight excluding hydrogens is 279 g/mol. The van der Waals surface area contributed by atoms with E-state index < -0.39 is 0 Å². The van der Waals surface area contributed by atoms with Crippen LogP contribution in [0, 0.1) is 17.1 Å². The Morgan fingerprint density at radius 3 is 2.36 bits per heavy atom. The molecule has 2 aromatic carbocycles. The van der Waals surface area contributed by atoms with Crippen LogP contribution in [0.5, 0.6) is 0 Å². The highest BCUT2D eigenvalue weighted by Crippen LogP contribution is 2.09. The fraction of sp³-hybridized carbons (Fsp3) is 0.222. The lowest BCUT2D eigenvalue weighted by atomic mass is 10.1. The number of benzene rings is 2. The first-order valence-corrected chi connectivity index (χ1v) is 7.16. The molecule has 2 rings (SSSR count). The van der Waals surface area contributed by atoms with Crippen LogP contribution in [0.1, 0.15) is 22.3 Å². The first kappa shape index (κ1) is 15.7. The predicted molar refractivity (Wildman–Crippen MR) is 82.7 cm³/mol. The van der Waals surface area contributed by atoms with E-state index in [1.165, 1.54) is 24.3 Å². The van der Waals surface area contributed by atoms with Crippen molar-refractivity contribution in [1.29, 1.82) is 5.26 Å². The summed E-state index contributed by atoms with van der Waals surface area (Å²) in [6.07, 6.45) is 1.00. The maximum atomic E-state index is 13.0. The van der Waals surface area contributed by atoms with E-state index in [2.05, 4.69) is 6.07 Å². The van der Waals surface area contributed by atoms with Gasteiger partial charge in [0.25, 0.3) is 5.91 Å². The average molecular weight is 296 g/mol. The van der Waals surface area contributed by atoms with Gasteiger partial charge >= 0.3 is 0 Å². The first-order valence-electron chi connectivity index (χ1n) is 7.16. The molecule has 0 aliphatic rings. The summed E-state index contributed by atoms with van der Waals surface area (Å²) in [5, 5.41) is 8.75. The second-order valence-corrected chi connectivity index (χ2v) is 4.94. The van der Waals surface area contributed by atoms with Gasteiger partial charge in [-0.25, -0.2) is 4.39 Å². The molecule has 3 nitrogen and oxygen atoms in total. The summed E-state index contributed by atoms with van der Waals surface area (Å²) in [6, 6.07) is 17.4. The summed E-state index contributed by atoms with van der Waals surface area (Å²) < 4.78 is 13.0. The van der Waals surface area contributed by atoms with Crippen molar-refractivity contribution in [3.63, 3.8) is 0 Å². The van der Waals surface area contributed by atoms with Crippen molar-refractivity contribution in [2.45, 2.75) is 12.8 Å². The summed E-state index contributed by atoms with van der Waals surface area (Å²) in [5.41, 5.74) is 1.57. The van der Waals surface area contributed by atoms with Gasteiger partial charge in [0.1, 0.15) is 5.82 Å². The van der Waals surface area contributed by atoms with Crippen LogP contribution in [-0.2, 0) is 6.42 Å². The van der Waals surface area contributed by atoms with Crippen LogP contribution < -0.4 is 0 Å². The van der Waals surface area contributed by atoms with E-state index >= 15 is 0 Å². The number of nitriles is 1. The number of nitrogens with zero attached hydrogens (tertiary/aromatic N) is 2. The van der Waals surface area contributed by atoms with Gasteiger partial charge in [-0.1, -0.05) is 30.3 Å². The molecule has 112 valence electrons. The second-order valence-electron chi connectivity index (χ2n) is 4.94. The maximum absolute atomic E-state index is 13.0. The molecule has 0 saturated heterocycles. The summed E-state index contributed by atoms with van der Waals surface area (Å²) in [5.74, 6) is -0.546. The number of halogens is 1. The Bertz CT molecular complexity index is 647. The van der Waals surface area contributed by atoms with E-state index in [1.54, 1.807) is 4.90 Å². The Morgan fingerprint density at radius 2 is 1.73 bits per heavy atom. The van der Waals surface area contributed by atoms with Crippen molar-refractivity contribution in [1.82, 2.24) is 4.90 Å². The molecule has 4 heteroatoms. The largest absolute Gasteiger partial charge is 0.337 e. The Hall–Kier alpha value is -2.67. The zero-order valence-electron chi connectivity index (χ0n) is 12.2. The number of hydrogen-bond donors (Lipinski definition) is 0. The van der Waals surface area contributed by atoms with E-state index in [4.69, 9.17) is 5.26 Å². The van der Waals surface area contributed by atoms with Crippen LogP contribution in [0.2, 0.25) is 0 Å². The third-order valence-corrected chi connectivity index (χ3v) is 3.39. The quantitative estimate of drug-likeness (QED) is 0.819. The molecule has 22 heavy (non-hydrogen) atoms. The number of carbonyl (C=O) groups excluding carboxylic acids is 1. The van der Waals surface area contributed by atoms with Gasteiger partial charge in [-0.05, 0) is 36.2 Å². The highest BCUT2D eigenvalue weighted by Gasteiger charge is 2.15. The lowest BCUT2D eigenvalue weighted by Crippen LogP contribution is -2.33. The van der Waals surface area contributed by atoms with Gasteiger partial charge in [0, 0.05) is 18.7 Å². The average Bonchev–Trinajstić information content (AvgIpc) is 2.56.